The number of alkyl halides is 2. The van der Waals surface area contributed by atoms with Crippen LogP contribution in [-0.4, -0.2) is 51.5 Å². The Morgan fingerprint density at radius 3 is 2.74 bits per heavy atom. The van der Waals surface area contributed by atoms with Gasteiger partial charge in [-0.3, -0.25) is 4.79 Å². The molecule has 1 N–H and O–H groups in total. The Morgan fingerprint density at radius 1 is 1.23 bits per heavy atom. The third-order valence-corrected chi connectivity index (χ3v) is 6.14. The number of nitrogens with one attached hydrogen (secondary N) is 1. The number of carbonyl (C=O) groups excluding carboxylic acids is 1. The monoisotopic (exact) mass is 498 g/mol. The first-order chi connectivity index (χ1) is 16.9. The van der Waals surface area contributed by atoms with Gasteiger partial charge < -0.3 is 19.4 Å². The maximum absolute atomic E-state index is 12.9. The summed E-state index contributed by atoms with van der Waals surface area (Å²) in [6, 6.07) is 8.45. The van der Waals surface area contributed by atoms with E-state index >= 15 is 0 Å². The maximum Gasteiger partial charge on any atom is 0.387 e. The lowest BCUT2D eigenvalue weighted by Crippen LogP contribution is -2.48. The van der Waals surface area contributed by atoms with E-state index < -0.39 is 6.61 Å². The van der Waals surface area contributed by atoms with Gasteiger partial charge in [0, 0.05) is 66.6 Å². The average molecular weight is 499 g/mol. The molecule has 0 unspecified atom stereocenters. The third-order valence-electron chi connectivity index (χ3n) is 5.83. The molecule has 0 spiro atoms. The minimum Gasteiger partial charge on any atom is -0.435 e. The molecule has 5 rings (SSSR count). The predicted octanol–water partition coefficient (Wildman–Crippen LogP) is 3.88. The molecule has 1 aromatic carbocycles. The highest BCUT2D eigenvalue weighted by Gasteiger charge is 2.20. The highest BCUT2D eigenvalue weighted by Crippen LogP contribution is 2.31. The fraction of sp³-hybridized carbons (Fsp3) is 0.250. The number of rotatable bonds is 6. The van der Waals surface area contributed by atoms with E-state index in [1.54, 1.807) is 36.7 Å². The Bertz CT molecular complexity index is 1390. The number of fused-ring (bicyclic) bond motifs is 1. The lowest BCUT2D eigenvalue weighted by atomic mass is 10.1. The normalized spacial score (nSPS) is 14.0. The Morgan fingerprint density at radius 2 is 2.00 bits per heavy atom. The molecule has 0 radical (unpaired) electrons. The topological polar surface area (TPSA) is 84.7 Å². The second kappa shape index (κ2) is 9.46. The molecule has 3 aromatic heterocycles. The highest BCUT2D eigenvalue weighted by molar-refractivity contribution is 6.33. The van der Waals surface area contributed by atoms with Gasteiger partial charge in [0.1, 0.15) is 11.4 Å². The molecule has 0 bridgehead atoms. The van der Waals surface area contributed by atoms with Crippen LogP contribution in [0.1, 0.15) is 17.0 Å². The maximum atomic E-state index is 12.9. The van der Waals surface area contributed by atoms with Crippen LogP contribution >= 0.6 is 11.6 Å². The second-order valence-corrected chi connectivity index (χ2v) is 8.52. The summed E-state index contributed by atoms with van der Waals surface area (Å²) in [5.74, 6) is 0.526. The van der Waals surface area contributed by atoms with Crippen LogP contribution in [0, 0.1) is 6.92 Å². The Balaban J connectivity index is 1.49. The second-order valence-electron chi connectivity index (χ2n) is 8.11. The summed E-state index contributed by atoms with van der Waals surface area (Å²) in [6.07, 6.45) is 5.51. The number of pyridine rings is 1. The molecule has 0 atom stereocenters. The van der Waals surface area contributed by atoms with Crippen LogP contribution in [0.3, 0.4) is 0 Å². The van der Waals surface area contributed by atoms with Gasteiger partial charge in [0.2, 0.25) is 11.9 Å². The van der Waals surface area contributed by atoms with Gasteiger partial charge in [0.05, 0.1) is 17.3 Å². The van der Waals surface area contributed by atoms with Crippen LogP contribution in [0.5, 0.6) is 5.75 Å². The van der Waals surface area contributed by atoms with Crippen molar-refractivity contribution >= 4 is 29.1 Å². The molecule has 180 valence electrons. The fourth-order valence-electron chi connectivity index (χ4n) is 4.13. The summed E-state index contributed by atoms with van der Waals surface area (Å²) in [6.45, 7) is 0.333. The molecule has 0 saturated carbocycles. The standard InChI is InChI=1S/C24H21ClF2N6O2/c1-14-19(8-15-4-2-3-5-20(15)35-23(26)27)33-12-17(18(25)9-21(33)31-14)16-10-29-24(30-11-16)32-7-6-28-22(34)13-32/h2-5,9-12,23H,6-8,13H2,1H3,(H,28,34). The van der Waals surface area contributed by atoms with Crippen molar-refractivity contribution in [2.45, 2.75) is 20.0 Å². The number of hydrogen-bond acceptors (Lipinski definition) is 6. The van der Waals surface area contributed by atoms with Crippen molar-refractivity contribution in [2.75, 3.05) is 24.5 Å². The number of amides is 1. The van der Waals surface area contributed by atoms with E-state index in [2.05, 4.69) is 20.3 Å². The molecule has 11 heteroatoms. The molecule has 0 aliphatic carbocycles. The van der Waals surface area contributed by atoms with Crippen LogP contribution in [0.2, 0.25) is 5.02 Å². The number of para-hydroxylation sites is 1. The van der Waals surface area contributed by atoms with Gasteiger partial charge in [-0.1, -0.05) is 29.8 Å². The molecule has 1 fully saturated rings. The van der Waals surface area contributed by atoms with Crippen LogP contribution in [0.25, 0.3) is 16.8 Å². The van der Waals surface area contributed by atoms with Gasteiger partial charge in [-0.15, -0.1) is 0 Å². The molecule has 8 nitrogen and oxygen atoms in total. The van der Waals surface area contributed by atoms with E-state index in [1.165, 1.54) is 6.07 Å². The van der Waals surface area contributed by atoms with Crippen LogP contribution in [0.15, 0.2) is 48.9 Å². The molecule has 4 heterocycles. The van der Waals surface area contributed by atoms with E-state index in [9.17, 15) is 13.6 Å². The first kappa shape index (κ1) is 23.0. The van der Waals surface area contributed by atoms with Gasteiger partial charge in [-0.2, -0.15) is 8.78 Å². The molecule has 1 amide bonds. The summed E-state index contributed by atoms with van der Waals surface area (Å²) < 4.78 is 32.3. The van der Waals surface area contributed by atoms with Crippen LogP contribution in [0.4, 0.5) is 14.7 Å². The van der Waals surface area contributed by atoms with Gasteiger partial charge in [0.15, 0.2) is 0 Å². The zero-order valence-electron chi connectivity index (χ0n) is 18.7. The average Bonchev–Trinajstić information content (AvgIpc) is 3.13. The summed E-state index contributed by atoms with van der Waals surface area (Å²) in [5, 5.41) is 3.25. The quantitative estimate of drug-likeness (QED) is 0.434. The number of benzene rings is 1. The molecule has 4 aromatic rings. The van der Waals surface area contributed by atoms with Crippen molar-refractivity contribution in [3.05, 3.63) is 70.9 Å². The predicted molar refractivity (Wildman–Crippen MR) is 127 cm³/mol. The third kappa shape index (κ3) is 4.74. The van der Waals surface area contributed by atoms with E-state index in [1.807, 2.05) is 22.4 Å². The van der Waals surface area contributed by atoms with Crippen molar-refractivity contribution < 1.29 is 18.3 Å². The summed E-state index contributed by atoms with van der Waals surface area (Å²) in [4.78, 5) is 26.9. The van der Waals surface area contributed by atoms with E-state index in [4.69, 9.17) is 16.3 Å². The number of ether oxygens (including phenoxy) is 1. The number of halogens is 3. The first-order valence-corrected chi connectivity index (χ1v) is 11.3. The minimum absolute atomic E-state index is 0.0686. The lowest BCUT2D eigenvalue weighted by molar-refractivity contribution is -0.120. The molecule has 1 aliphatic heterocycles. The minimum atomic E-state index is -2.91. The highest BCUT2D eigenvalue weighted by atomic mass is 35.5. The number of anilines is 1. The number of aromatic nitrogens is 4. The van der Waals surface area contributed by atoms with Crippen molar-refractivity contribution in [3.8, 4) is 16.9 Å². The van der Waals surface area contributed by atoms with Gasteiger partial charge in [0.25, 0.3) is 0 Å². The SMILES string of the molecule is Cc1nc2cc(Cl)c(-c3cnc(N4CCNC(=O)C4)nc3)cn2c1Cc1ccccc1OC(F)F. The Hall–Kier alpha value is -3.79. The molecular weight excluding hydrogens is 478 g/mol. The van der Waals surface area contributed by atoms with E-state index in [0.717, 1.165) is 11.4 Å². The van der Waals surface area contributed by atoms with Gasteiger partial charge in [-0.05, 0) is 13.0 Å². The van der Waals surface area contributed by atoms with Crippen LogP contribution < -0.4 is 15.0 Å². The van der Waals surface area contributed by atoms with Crippen molar-refractivity contribution in [3.63, 3.8) is 0 Å². The van der Waals surface area contributed by atoms with Crippen LogP contribution in [-0.2, 0) is 11.2 Å². The Kier molecular flexibility index (Phi) is 6.21. The molecule has 1 saturated heterocycles. The van der Waals surface area contributed by atoms with Crippen molar-refractivity contribution in [1.82, 2.24) is 24.7 Å². The van der Waals surface area contributed by atoms with E-state index in [-0.39, 0.29) is 18.2 Å². The zero-order valence-corrected chi connectivity index (χ0v) is 19.5. The number of nitrogens with zero attached hydrogens (tertiary/aromatic N) is 5. The van der Waals surface area contributed by atoms with Crippen molar-refractivity contribution in [1.29, 1.82) is 0 Å². The molecular formula is C24H21ClF2N6O2. The number of aryl methyl sites for hydroxylation is 1. The number of piperazine rings is 1. The van der Waals surface area contributed by atoms with Gasteiger partial charge >= 0.3 is 6.61 Å². The first-order valence-electron chi connectivity index (χ1n) is 10.9. The molecule has 35 heavy (non-hydrogen) atoms. The smallest absolute Gasteiger partial charge is 0.387 e. The number of imidazole rings is 1. The largest absolute Gasteiger partial charge is 0.435 e. The summed E-state index contributed by atoms with van der Waals surface area (Å²) in [5.41, 5.74) is 4.21. The van der Waals surface area contributed by atoms with E-state index in [0.29, 0.717) is 52.8 Å². The lowest BCUT2D eigenvalue weighted by Gasteiger charge is -2.26. The summed E-state index contributed by atoms with van der Waals surface area (Å²) in [7, 11) is 0. The number of carbonyl (C=O) groups is 1. The van der Waals surface area contributed by atoms with Gasteiger partial charge in [-0.25, -0.2) is 15.0 Å². The zero-order chi connectivity index (χ0) is 24.5. The molecule has 1 aliphatic rings. The number of hydrogen-bond donors (Lipinski definition) is 1. The fourth-order valence-corrected chi connectivity index (χ4v) is 4.39. The summed E-state index contributed by atoms with van der Waals surface area (Å²) >= 11 is 6.57. The Labute approximate surface area is 204 Å². The van der Waals surface area contributed by atoms with Crippen molar-refractivity contribution in [2.24, 2.45) is 0 Å².